The molecule has 0 amide bonds. The van der Waals surface area contributed by atoms with Crippen molar-refractivity contribution in [3.63, 3.8) is 0 Å². The Balaban J connectivity index is 2.35. The molecule has 0 aliphatic carbocycles. The smallest absolute Gasteiger partial charge is 0.250 e. The average molecular weight is 320 g/mol. The van der Waals surface area contributed by atoms with E-state index in [0.29, 0.717) is 16.9 Å². The van der Waals surface area contributed by atoms with Gasteiger partial charge in [0.15, 0.2) is 0 Å². The zero-order chi connectivity index (χ0) is 16.0. The molecule has 0 spiro atoms. The molecule has 2 heterocycles. The fraction of sp³-hybridized carbons (Fsp3) is 0.250. The summed E-state index contributed by atoms with van der Waals surface area (Å²) in [6, 6.07) is 6.47. The molecule has 3 rings (SSSR count). The van der Waals surface area contributed by atoms with Crippen LogP contribution in [0.2, 0.25) is 5.02 Å². The standard InChI is InChI=1S/C16H15ClFN3O/c1-8(2)11-7-13(15-14(17)16(22)20-21(15)3)19-12-6-9(18)4-5-10(11)12/h4-8H,1-3H3,(H,20,22). The van der Waals surface area contributed by atoms with Crippen LogP contribution in [0, 0.1) is 5.82 Å². The zero-order valence-corrected chi connectivity index (χ0v) is 13.2. The van der Waals surface area contributed by atoms with Gasteiger partial charge in [-0.15, -0.1) is 5.10 Å². The lowest BCUT2D eigenvalue weighted by molar-refractivity contribution is 0.444. The van der Waals surface area contributed by atoms with Gasteiger partial charge in [0.2, 0.25) is 5.88 Å². The Morgan fingerprint density at radius 1 is 1.27 bits per heavy atom. The molecule has 0 bridgehead atoms. The van der Waals surface area contributed by atoms with E-state index in [4.69, 9.17) is 11.6 Å². The molecule has 3 aromatic rings. The molecule has 0 radical (unpaired) electrons. The molecule has 4 nitrogen and oxygen atoms in total. The minimum Gasteiger partial charge on any atom is -0.491 e. The van der Waals surface area contributed by atoms with Crippen molar-refractivity contribution in [1.29, 1.82) is 0 Å². The molecular weight excluding hydrogens is 305 g/mol. The summed E-state index contributed by atoms with van der Waals surface area (Å²) < 4.78 is 15.0. The summed E-state index contributed by atoms with van der Waals surface area (Å²) >= 11 is 6.12. The van der Waals surface area contributed by atoms with Crippen molar-refractivity contribution >= 4 is 22.5 Å². The van der Waals surface area contributed by atoms with Gasteiger partial charge in [-0.2, -0.15) is 0 Å². The largest absolute Gasteiger partial charge is 0.491 e. The van der Waals surface area contributed by atoms with Gasteiger partial charge in [0.1, 0.15) is 16.5 Å². The molecule has 0 aliphatic heterocycles. The molecule has 0 saturated heterocycles. The maximum absolute atomic E-state index is 13.5. The monoisotopic (exact) mass is 319 g/mol. The second-order valence-electron chi connectivity index (χ2n) is 5.52. The zero-order valence-electron chi connectivity index (χ0n) is 12.4. The molecule has 0 atom stereocenters. The van der Waals surface area contributed by atoms with E-state index in [1.165, 1.54) is 16.8 Å². The van der Waals surface area contributed by atoms with Crippen molar-refractivity contribution in [2.75, 3.05) is 0 Å². The summed E-state index contributed by atoms with van der Waals surface area (Å²) in [5.74, 6) is -0.354. The van der Waals surface area contributed by atoms with E-state index in [2.05, 4.69) is 23.9 Å². The van der Waals surface area contributed by atoms with E-state index in [1.54, 1.807) is 13.1 Å². The van der Waals surface area contributed by atoms with Crippen molar-refractivity contribution in [3.05, 3.63) is 40.7 Å². The van der Waals surface area contributed by atoms with E-state index in [-0.39, 0.29) is 22.6 Å². The molecule has 0 aliphatic rings. The van der Waals surface area contributed by atoms with Crippen LogP contribution in [-0.4, -0.2) is 19.9 Å². The number of aromatic hydroxyl groups is 1. The highest BCUT2D eigenvalue weighted by Gasteiger charge is 2.19. The summed E-state index contributed by atoms with van der Waals surface area (Å²) in [6.45, 7) is 4.12. The summed E-state index contributed by atoms with van der Waals surface area (Å²) in [6.07, 6.45) is 0. The number of rotatable bonds is 2. The van der Waals surface area contributed by atoms with Gasteiger partial charge < -0.3 is 5.11 Å². The number of hydrogen-bond acceptors (Lipinski definition) is 3. The van der Waals surface area contributed by atoms with Gasteiger partial charge in [0.25, 0.3) is 0 Å². The highest BCUT2D eigenvalue weighted by molar-refractivity contribution is 6.34. The summed E-state index contributed by atoms with van der Waals surface area (Å²) in [5.41, 5.74) is 2.66. The van der Waals surface area contributed by atoms with E-state index < -0.39 is 0 Å². The van der Waals surface area contributed by atoms with Crippen molar-refractivity contribution in [3.8, 4) is 17.3 Å². The predicted molar refractivity (Wildman–Crippen MR) is 84.7 cm³/mol. The molecule has 114 valence electrons. The molecule has 22 heavy (non-hydrogen) atoms. The van der Waals surface area contributed by atoms with Gasteiger partial charge in [-0.05, 0) is 29.7 Å². The van der Waals surface area contributed by atoms with Crippen LogP contribution in [0.3, 0.4) is 0 Å². The van der Waals surface area contributed by atoms with Crippen LogP contribution < -0.4 is 0 Å². The normalized spacial score (nSPS) is 11.5. The number of aryl methyl sites for hydroxylation is 1. The molecule has 0 unspecified atom stereocenters. The van der Waals surface area contributed by atoms with E-state index >= 15 is 0 Å². The van der Waals surface area contributed by atoms with Crippen molar-refractivity contribution in [2.45, 2.75) is 19.8 Å². The van der Waals surface area contributed by atoms with Crippen LogP contribution in [-0.2, 0) is 7.05 Å². The Morgan fingerprint density at radius 2 is 2.00 bits per heavy atom. The van der Waals surface area contributed by atoms with Gasteiger partial charge >= 0.3 is 0 Å². The topological polar surface area (TPSA) is 50.9 Å². The third-order valence-corrected chi connectivity index (χ3v) is 3.99. The Kier molecular flexibility index (Phi) is 3.53. The van der Waals surface area contributed by atoms with Crippen LogP contribution in [0.4, 0.5) is 4.39 Å². The number of aromatic nitrogens is 3. The second-order valence-corrected chi connectivity index (χ2v) is 5.90. The minimum atomic E-state index is -0.342. The lowest BCUT2D eigenvalue weighted by Crippen LogP contribution is -1.99. The van der Waals surface area contributed by atoms with E-state index in [1.807, 2.05) is 6.07 Å². The fourth-order valence-electron chi connectivity index (χ4n) is 2.59. The number of benzene rings is 1. The first kappa shape index (κ1) is 14.8. The molecular formula is C16H15ClFN3O. The van der Waals surface area contributed by atoms with Gasteiger partial charge in [0, 0.05) is 18.5 Å². The second kappa shape index (κ2) is 5.25. The Bertz CT molecular complexity index is 873. The van der Waals surface area contributed by atoms with E-state index in [0.717, 1.165) is 10.9 Å². The van der Waals surface area contributed by atoms with Crippen molar-refractivity contribution < 1.29 is 9.50 Å². The number of halogens is 2. The lowest BCUT2D eigenvalue weighted by atomic mass is 9.97. The number of hydrogen-bond donors (Lipinski definition) is 1. The van der Waals surface area contributed by atoms with Gasteiger partial charge in [-0.3, -0.25) is 4.68 Å². The quantitative estimate of drug-likeness (QED) is 0.768. The molecule has 1 aromatic carbocycles. The van der Waals surface area contributed by atoms with Gasteiger partial charge in [-0.25, -0.2) is 9.37 Å². The van der Waals surface area contributed by atoms with Crippen molar-refractivity contribution in [2.24, 2.45) is 7.05 Å². The van der Waals surface area contributed by atoms with Crippen molar-refractivity contribution in [1.82, 2.24) is 14.8 Å². The Morgan fingerprint density at radius 3 is 2.59 bits per heavy atom. The first-order valence-corrected chi connectivity index (χ1v) is 7.28. The fourth-order valence-corrected chi connectivity index (χ4v) is 2.85. The lowest BCUT2D eigenvalue weighted by Gasteiger charge is -2.13. The third-order valence-electron chi connectivity index (χ3n) is 3.64. The first-order valence-electron chi connectivity index (χ1n) is 6.90. The highest BCUT2D eigenvalue weighted by Crippen LogP contribution is 2.36. The maximum Gasteiger partial charge on any atom is 0.250 e. The summed E-state index contributed by atoms with van der Waals surface area (Å²) in [5, 5.41) is 14.6. The molecule has 0 fully saturated rings. The first-order chi connectivity index (χ1) is 10.4. The van der Waals surface area contributed by atoms with Crippen LogP contribution in [0.25, 0.3) is 22.3 Å². The van der Waals surface area contributed by atoms with Gasteiger partial charge in [-0.1, -0.05) is 25.4 Å². The third kappa shape index (κ3) is 2.31. The summed E-state index contributed by atoms with van der Waals surface area (Å²) in [7, 11) is 1.67. The Labute approximate surface area is 132 Å². The van der Waals surface area contributed by atoms with Crippen LogP contribution in [0.5, 0.6) is 5.88 Å². The average Bonchev–Trinajstić information content (AvgIpc) is 2.70. The number of fused-ring (bicyclic) bond motifs is 1. The molecule has 1 N–H and O–H groups in total. The number of pyridine rings is 1. The van der Waals surface area contributed by atoms with E-state index in [9.17, 15) is 9.50 Å². The summed E-state index contributed by atoms with van der Waals surface area (Å²) in [4.78, 5) is 4.49. The molecule has 2 aromatic heterocycles. The van der Waals surface area contributed by atoms with Crippen LogP contribution in [0.15, 0.2) is 24.3 Å². The highest BCUT2D eigenvalue weighted by atomic mass is 35.5. The number of nitrogens with zero attached hydrogens (tertiary/aromatic N) is 3. The van der Waals surface area contributed by atoms with Gasteiger partial charge in [0.05, 0.1) is 11.2 Å². The predicted octanol–water partition coefficient (Wildman–Crippen LogP) is 4.26. The van der Waals surface area contributed by atoms with Crippen LogP contribution in [0.1, 0.15) is 25.3 Å². The van der Waals surface area contributed by atoms with Crippen LogP contribution >= 0.6 is 11.6 Å². The maximum atomic E-state index is 13.5. The molecule has 6 heteroatoms. The minimum absolute atomic E-state index is 0.139. The Hall–Kier alpha value is -2.14. The molecule has 0 saturated carbocycles. The SMILES string of the molecule is CC(C)c1cc(-c2c(Cl)c(O)nn2C)nc2cc(F)ccc12.